The standard InChI is InChI=1S/C7H8F3NO/c1-4-2-5(7(8,9)10)6(12)11-3-4/h2-3,6,11-12H,1H3. The van der Waals surface area contributed by atoms with Crippen LogP contribution in [0.5, 0.6) is 0 Å². The van der Waals surface area contributed by atoms with Crippen LogP contribution < -0.4 is 5.32 Å². The number of nitrogens with one attached hydrogen (secondary N) is 1. The summed E-state index contributed by atoms with van der Waals surface area (Å²) in [5.41, 5.74) is -0.518. The summed E-state index contributed by atoms with van der Waals surface area (Å²) in [6.07, 6.45) is -3.86. The second kappa shape index (κ2) is 2.82. The van der Waals surface area contributed by atoms with Crippen molar-refractivity contribution in [1.29, 1.82) is 0 Å². The summed E-state index contributed by atoms with van der Waals surface area (Å²) in [6, 6.07) is 0. The molecule has 0 saturated carbocycles. The number of allylic oxidation sites excluding steroid dienone is 2. The molecule has 0 bridgehead atoms. The molecule has 0 aromatic rings. The minimum Gasteiger partial charge on any atom is -0.369 e. The second-order valence-electron chi connectivity index (χ2n) is 2.55. The van der Waals surface area contributed by atoms with Crippen LogP contribution in [0.25, 0.3) is 0 Å². The Morgan fingerprint density at radius 1 is 1.50 bits per heavy atom. The van der Waals surface area contributed by atoms with Gasteiger partial charge in [0.05, 0.1) is 5.57 Å². The maximum Gasteiger partial charge on any atom is 0.416 e. The van der Waals surface area contributed by atoms with E-state index < -0.39 is 18.0 Å². The monoisotopic (exact) mass is 179 g/mol. The molecule has 0 aliphatic carbocycles. The second-order valence-corrected chi connectivity index (χ2v) is 2.55. The summed E-state index contributed by atoms with van der Waals surface area (Å²) in [6.45, 7) is 1.52. The fourth-order valence-electron chi connectivity index (χ4n) is 0.903. The number of aliphatic hydroxyl groups is 1. The first-order chi connectivity index (χ1) is 5.41. The molecule has 1 aliphatic heterocycles. The van der Waals surface area contributed by atoms with Gasteiger partial charge in [-0.3, -0.25) is 0 Å². The van der Waals surface area contributed by atoms with Gasteiger partial charge >= 0.3 is 6.18 Å². The summed E-state index contributed by atoms with van der Waals surface area (Å²) in [5.74, 6) is 0. The summed E-state index contributed by atoms with van der Waals surface area (Å²) >= 11 is 0. The molecule has 1 aliphatic rings. The third-order valence-electron chi connectivity index (χ3n) is 1.47. The highest BCUT2D eigenvalue weighted by Gasteiger charge is 2.38. The van der Waals surface area contributed by atoms with E-state index in [-0.39, 0.29) is 0 Å². The molecule has 12 heavy (non-hydrogen) atoms. The summed E-state index contributed by atoms with van der Waals surface area (Å²) in [4.78, 5) is 0. The maximum absolute atomic E-state index is 12.1. The molecule has 5 heteroatoms. The van der Waals surface area contributed by atoms with Gasteiger partial charge in [-0.25, -0.2) is 0 Å². The van der Waals surface area contributed by atoms with Gasteiger partial charge in [-0.1, -0.05) is 0 Å². The van der Waals surface area contributed by atoms with Gasteiger partial charge < -0.3 is 10.4 Å². The zero-order chi connectivity index (χ0) is 9.35. The Morgan fingerprint density at radius 2 is 2.08 bits per heavy atom. The highest BCUT2D eigenvalue weighted by molar-refractivity contribution is 5.30. The summed E-state index contributed by atoms with van der Waals surface area (Å²) in [7, 11) is 0. The lowest BCUT2D eigenvalue weighted by molar-refractivity contribution is -0.107. The molecule has 1 rings (SSSR count). The van der Waals surface area contributed by atoms with Crippen molar-refractivity contribution in [2.24, 2.45) is 0 Å². The molecule has 0 fully saturated rings. The normalized spacial score (nSPS) is 24.2. The van der Waals surface area contributed by atoms with Crippen molar-refractivity contribution in [3.63, 3.8) is 0 Å². The van der Waals surface area contributed by atoms with Gasteiger partial charge in [0.25, 0.3) is 0 Å². The van der Waals surface area contributed by atoms with Crippen molar-refractivity contribution >= 4 is 0 Å². The molecule has 0 aromatic heterocycles. The van der Waals surface area contributed by atoms with Crippen LogP contribution in [0.1, 0.15) is 6.92 Å². The lowest BCUT2D eigenvalue weighted by Crippen LogP contribution is -2.35. The zero-order valence-electron chi connectivity index (χ0n) is 6.31. The number of dihydropyridines is 1. The molecule has 0 spiro atoms. The minimum absolute atomic E-state index is 0.438. The summed E-state index contributed by atoms with van der Waals surface area (Å²) < 4.78 is 36.2. The molecule has 2 nitrogen and oxygen atoms in total. The average molecular weight is 179 g/mol. The Labute approximate surface area is 67.4 Å². The van der Waals surface area contributed by atoms with Gasteiger partial charge in [0, 0.05) is 6.20 Å². The van der Waals surface area contributed by atoms with Gasteiger partial charge in [-0.05, 0) is 18.6 Å². The van der Waals surface area contributed by atoms with Gasteiger partial charge in [0.1, 0.15) is 0 Å². The molecule has 0 saturated heterocycles. The Hall–Kier alpha value is -0.970. The molecule has 68 valence electrons. The molecule has 1 atom stereocenters. The van der Waals surface area contributed by atoms with Crippen LogP contribution in [0.2, 0.25) is 0 Å². The van der Waals surface area contributed by atoms with Crippen molar-refractivity contribution in [2.75, 3.05) is 0 Å². The van der Waals surface area contributed by atoms with E-state index in [2.05, 4.69) is 5.32 Å². The molecule has 0 amide bonds. The number of hydrogen-bond donors (Lipinski definition) is 2. The first-order valence-electron chi connectivity index (χ1n) is 3.31. The van der Waals surface area contributed by atoms with Crippen molar-refractivity contribution in [3.05, 3.63) is 23.4 Å². The SMILES string of the molecule is CC1=CNC(O)C(C(F)(F)F)=C1. The fourth-order valence-corrected chi connectivity index (χ4v) is 0.903. The van der Waals surface area contributed by atoms with Gasteiger partial charge in [-0.15, -0.1) is 0 Å². The zero-order valence-corrected chi connectivity index (χ0v) is 6.31. The molecule has 1 heterocycles. The molecule has 2 N–H and O–H groups in total. The van der Waals surface area contributed by atoms with Crippen molar-refractivity contribution in [2.45, 2.75) is 19.3 Å². The van der Waals surface area contributed by atoms with Gasteiger partial charge in [-0.2, -0.15) is 13.2 Å². The Kier molecular flexibility index (Phi) is 2.14. The average Bonchev–Trinajstić information content (AvgIpc) is 1.92. The third kappa shape index (κ3) is 1.79. The van der Waals surface area contributed by atoms with E-state index in [0.29, 0.717) is 5.57 Å². The van der Waals surface area contributed by atoms with Crippen LogP contribution in [-0.2, 0) is 0 Å². The van der Waals surface area contributed by atoms with Crippen LogP contribution in [0.4, 0.5) is 13.2 Å². The van der Waals surface area contributed by atoms with Crippen molar-refractivity contribution in [3.8, 4) is 0 Å². The number of halogens is 3. The first-order valence-corrected chi connectivity index (χ1v) is 3.31. The third-order valence-corrected chi connectivity index (χ3v) is 1.47. The van der Waals surface area contributed by atoms with Crippen molar-refractivity contribution < 1.29 is 18.3 Å². The van der Waals surface area contributed by atoms with Crippen LogP contribution in [-0.4, -0.2) is 17.5 Å². The topological polar surface area (TPSA) is 32.3 Å². The van der Waals surface area contributed by atoms with Crippen LogP contribution in [0.15, 0.2) is 23.4 Å². The van der Waals surface area contributed by atoms with E-state index in [4.69, 9.17) is 5.11 Å². The van der Waals surface area contributed by atoms with Crippen LogP contribution >= 0.6 is 0 Å². The van der Waals surface area contributed by atoms with Crippen LogP contribution in [0.3, 0.4) is 0 Å². The lowest BCUT2D eigenvalue weighted by Gasteiger charge is -2.21. The molecular formula is C7H8F3NO. The predicted octanol–water partition coefficient (Wildman–Crippen LogP) is 1.30. The van der Waals surface area contributed by atoms with E-state index in [0.717, 1.165) is 6.08 Å². The smallest absolute Gasteiger partial charge is 0.369 e. The van der Waals surface area contributed by atoms with Crippen LogP contribution in [0, 0.1) is 0 Å². The Bertz CT molecular complexity index is 242. The highest BCUT2D eigenvalue weighted by Crippen LogP contribution is 2.29. The largest absolute Gasteiger partial charge is 0.416 e. The van der Waals surface area contributed by atoms with Gasteiger partial charge in [0.2, 0.25) is 0 Å². The number of rotatable bonds is 0. The van der Waals surface area contributed by atoms with Gasteiger partial charge in [0.15, 0.2) is 6.23 Å². The molecule has 0 radical (unpaired) electrons. The molecule has 0 aromatic carbocycles. The van der Waals surface area contributed by atoms with Crippen molar-refractivity contribution in [1.82, 2.24) is 5.32 Å². The fraction of sp³-hybridized carbons (Fsp3) is 0.429. The van der Waals surface area contributed by atoms with E-state index in [1.54, 1.807) is 0 Å². The maximum atomic E-state index is 12.1. The minimum atomic E-state index is -4.47. The van der Waals surface area contributed by atoms with E-state index in [9.17, 15) is 13.2 Å². The summed E-state index contributed by atoms with van der Waals surface area (Å²) in [5, 5.41) is 11.1. The molecular weight excluding hydrogens is 171 g/mol. The Morgan fingerprint density at radius 3 is 2.50 bits per heavy atom. The first kappa shape index (κ1) is 9.12. The lowest BCUT2D eigenvalue weighted by atomic mass is 10.1. The number of aliphatic hydroxyl groups excluding tert-OH is 1. The Balaban J connectivity index is 2.94. The van der Waals surface area contributed by atoms with E-state index in [1.807, 2.05) is 0 Å². The highest BCUT2D eigenvalue weighted by atomic mass is 19.4. The quantitative estimate of drug-likeness (QED) is 0.587. The number of alkyl halides is 3. The van der Waals surface area contributed by atoms with E-state index in [1.165, 1.54) is 13.1 Å². The van der Waals surface area contributed by atoms with E-state index >= 15 is 0 Å². The number of hydrogen-bond acceptors (Lipinski definition) is 2. The predicted molar refractivity (Wildman–Crippen MR) is 37.0 cm³/mol. The molecule has 1 unspecified atom stereocenters.